The normalized spacial score (nSPS) is 20.0. The van der Waals surface area contributed by atoms with Crippen molar-refractivity contribution in [1.29, 1.82) is 0 Å². The maximum Gasteiger partial charge on any atom is 0.405 e. The monoisotopic (exact) mass is 210 g/mol. The molecule has 1 fully saturated rings. The maximum atomic E-state index is 11.7. The quantitative estimate of drug-likeness (QED) is 0.723. The second-order valence-corrected chi connectivity index (χ2v) is 3.55. The van der Waals surface area contributed by atoms with Crippen molar-refractivity contribution in [1.82, 2.24) is 5.32 Å². The van der Waals surface area contributed by atoms with Gasteiger partial charge >= 0.3 is 6.18 Å². The number of carbonyl (C=O) groups excluding carboxylic acids is 1. The fourth-order valence-electron chi connectivity index (χ4n) is 1.32. The lowest BCUT2D eigenvalue weighted by atomic mass is 9.80. The molecule has 1 unspecified atom stereocenters. The summed E-state index contributed by atoms with van der Waals surface area (Å²) in [4.78, 5) is 11.1. The molecule has 0 heterocycles. The van der Waals surface area contributed by atoms with E-state index >= 15 is 0 Å². The van der Waals surface area contributed by atoms with Gasteiger partial charge in [-0.15, -0.1) is 0 Å². The van der Waals surface area contributed by atoms with E-state index in [0.717, 1.165) is 19.3 Å². The Bertz CT molecular complexity index is 213. The first-order valence-electron chi connectivity index (χ1n) is 4.50. The number of rotatable bonds is 3. The lowest BCUT2D eigenvalue weighted by molar-refractivity contribution is -0.140. The van der Waals surface area contributed by atoms with Crippen LogP contribution < -0.4 is 11.1 Å². The highest BCUT2D eigenvalue weighted by atomic mass is 19.4. The Hall–Kier alpha value is -0.780. The molecule has 0 aromatic carbocycles. The zero-order valence-electron chi connectivity index (χ0n) is 7.60. The smallest absolute Gasteiger partial charge is 0.346 e. The van der Waals surface area contributed by atoms with Crippen LogP contribution in [0.1, 0.15) is 19.3 Å². The third kappa shape index (κ3) is 3.17. The number of carbonyl (C=O) groups is 1. The molecule has 1 aliphatic rings. The number of halogens is 3. The second kappa shape index (κ2) is 4.16. The molecule has 1 rings (SSSR count). The summed E-state index contributed by atoms with van der Waals surface area (Å²) in [6, 6.07) is -0.786. The van der Waals surface area contributed by atoms with E-state index in [9.17, 15) is 18.0 Å². The zero-order valence-corrected chi connectivity index (χ0v) is 7.60. The maximum absolute atomic E-state index is 11.7. The van der Waals surface area contributed by atoms with Crippen molar-refractivity contribution in [3.8, 4) is 0 Å². The zero-order chi connectivity index (χ0) is 10.8. The first-order valence-corrected chi connectivity index (χ1v) is 4.50. The molecule has 3 nitrogen and oxygen atoms in total. The minimum Gasteiger partial charge on any atom is -0.346 e. The van der Waals surface area contributed by atoms with E-state index in [1.807, 2.05) is 0 Å². The molecule has 3 N–H and O–H groups in total. The Morgan fingerprint density at radius 1 is 1.50 bits per heavy atom. The van der Waals surface area contributed by atoms with Crippen LogP contribution >= 0.6 is 0 Å². The average Bonchev–Trinajstić information content (AvgIpc) is 1.95. The highest BCUT2D eigenvalue weighted by molar-refractivity contribution is 5.81. The molecule has 0 spiro atoms. The van der Waals surface area contributed by atoms with E-state index in [0.29, 0.717) is 0 Å². The Morgan fingerprint density at radius 3 is 2.43 bits per heavy atom. The Balaban J connectivity index is 2.27. The van der Waals surface area contributed by atoms with Gasteiger partial charge in [-0.3, -0.25) is 4.79 Å². The topological polar surface area (TPSA) is 55.1 Å². The van der Waals surface area contributed by atoms with Crippen molar-refractivity contribution in [3.05, 3.63) is 0 Å². The minimum atomic E-state index is -4.37. The van der Waals surface area contributed by atoms with Crippen LogP contribution in [-0.2, 0) is 4.79 Å². The van der Waals surface area contributed by atoms with Gasteiger partial charge in [-0.1, -0.05) is 6.42 Å². The van der Waals surface area contributed by atoms with Gasteiger partial charge in [0.1, 0.15) is 6.54 Å². The highest BCUT2D eigenvalue weighted by Gasteiger charge is 2.32. The second-order valence-electron chi connectivity index (χ2n) is 3.55. The SMILES string of the molecule is NC(C(=O)NCC(F)(F)F)C1CCC1. The average molecular weight is 210 g/mol. The van der Waals surface area contributed by atoms with Gasteiger partial charge < -0.3 is 11.1 Å². The molecule has 1 atom stereocenters. The predicted octanol–water partition coefficient (Wildman–Crippen LogP) is 0.792. The van der Waals surface area contributed by atoms with Gasteiger partial charge in [-0.2, -0.15) is 13.2 Å². The predicted molar refractivity (Wildman–Crippen MR) is 44.4 cm³/mol. The molecule has 1 saturated carbocycles. The molecular weight excluding hydrogens is 197 g/mol. The van der Waals surface area contributed by atoms with Gasteiger partial charge in [0.25, 0.3) is 0 Å². The number of nitrogens with one attached hydrogen (secondary N) is 1. The van der Waals surface area contributed by atoms with Gasteiger partial charge in [0.2, 0.25) is 5.91 Å². The molecule has 0 aromatic rings. The van der Waals surface area contributed by atoms with Gasteiger partial charge in [0.15, 0.2) is 0 Å². The lowest BCUT2D eigenvalue weighted by Crippen LogP contribution is -2.49. The van der Waals surface area contributed by atoms with E-state index in [-0.39, 0.29) is 5.92 Å². The number of hydrogen-bond acceptors (Lipinski definition) is 2. The summed E-state index contributed by atoms with van der Waals surface area (Å²) in [5, 5.41) is 1.78. The third-order valence-corrected chi connectivity index (χ3v) is 2.42. The van der Waals surface area contributed by atoms with E-state index < -0.39 is 24.7 Å². The van der Waals surface area contributed by atoms with Gasteiger partial charge in [-0.05, 0) is 18.8 Å². The fourth-order valence-corrected chi connectivity index (χ4v) is 1.32. The summed E-state index contributed by atoms with van der Waals surface area (Å²) >= 11 is 0. The van der Waals surface area contributed by atoms with Gasteiger partial charge in [0.05, 0.1) is 6.04 Å². The van der Waals surface area contributed by atoms with E-state index in [4.69, 9.17) is 5.73 Å². The van der Waals surface area contributed by atoms with Gasteiger partial charge in [-0.25, -0.2) is 0 Å². The highest BCUT2D eigenvalue weighted by Crippen LogP contribution is 2.28. The van der Waals surface area contributed by atoms with Gasteiger partial charge in [0, 0.05) is 0 Å². The fraction of sp³-hybridized carbons (Fsp3) is 0.875. The largest absolute Gasteiger partial charge is 0.405 e. The van der Waals surface area contributed by atoms with Crippen molar-refractivity contribution in [3.63, 3.8) is 0 Å². The van der Waals surface area contributed by atoms with E-state index in [1.54, 1.807) is 5.32 Å². The number of nitrogens with two attached hydrogens (primary N) is 1. The Kier molecular flexibility index (Phi) is 3.36. The first kappa shape index (κ1) is 11.3. The summed E-state index contributed by atoms with van der Waals surface area (Å²) in [7, 11) is 0. The molecule has 14 heavy (non-hydrogen) atoms. The van der Waals surface area contributed by atoms with Crippen LogP contribution in [0.25, 0.3) is 0 Å². The Morgan fingerprint density at radius 2 is 2.07 bits per heavy atom. The summed E-state index contributed by atoms with van der Waals surface area (Å²) in [5.74, 6) is -0.643. The molecule has 82 valence electrons. The van der Waals surface area contributed by atoms with Crippen LogP contribution in [-0.4, -0.2) is 24.7 Å². The van der Waals surface area contributed by atoms with Crippen LogP contribution in [0, 0.1) is 5.92 Å². The molecule has 0 aliphatic heterocycles. The number of alkyl halides is 3. The van der Waals surface area contributed by atoms with Crippen molar-refractivity contribution < 1.29 is 18.0 Å². The van der Waals surface area contributed by atoms with Crippen LogP contribution in [0.4, 0.5) is 13.2 Å². The molecular formula is C8H13F3N2O. The van der Waals surface area contributed by atoms with Crippen molar-refractivity contribution in [2.45, 2.75) is 31.5 Å². The summed E-state index contributed by atoms with van der Waals surface area (Å²) < 4.78 is 35.2. The van der Waals surface area contributed by atoms with Crippen molar-refractivity contribution >= 4 is 5.91 Å². The van der Waals surface area contributed by atoms with Crippen molar-refractivity contribution in [2.75, 3.05) is 6.54 Å². The Labute approximate surface area is 79.8 Å². The summed E-state index contributed by atoms with van der Waals surface area (Å²) in [5.41, 5.74) is 5.47. The van der Waals surface area contributed by atoms with Crippen LogP contribution in [0.15, 0.2) is 0 Å². The first-order chi connectivity index (χ1) is 6.40. The van der Waals surface area contributed by atoms with Crippen LogP contribution in [0.2, 0.25) is 0 Å². The number of amides is 1. The lowest BCUT2D eigenvalue weighted by Gasteiger charge is -2.30. The van der Waals surface area contributed by atoms with E-state index in [2.05, 4.69) is 0 Å². The summed E-state index contributed by atoms with van der Waals surface area (Å²) in [6.07, 6.45) is -1.69. The molecule has 6 heteroatoms. The molecule has 1 amide bonds. The van der Waals surface area contributed by atoms with Crippen molar-refractivity contribution in [2.24, 2.45) is 11.7 Å². The number of hydrogen-bond donors (Lipinski definition) is 2. The minimum absolute atomic E-state index is 0.0585. The molecule has 0 aromatic heterocycles. The summed E-state index contributed by atoms with van der Waals surface area (Å²) in [6.45, 7) is -1.30. The molecule has 1 aliphatic carbocycles. The van der Waals surface area contributed by atoms with Crippen LogP contribution in [0.3, 0.4) is 0 Å². The molecule has 0 radical (unpaired) electrons. The molecule has 0 bridgehead atoms. The standard InChI is InChI=1S/C8H13F3N2O/c9-8(10,11)4-13-7(14)6(12)5-2-1-3-5/h5-6H,1-4,12H2,(H,13,14). The van der Waals surface area contributed by atoms with Crippen LogP contribution in [0.5, 0.6) is 0 Å². The molecule has 0 saturated heterocycles. The third-order valence-electron chi connectivity index (χ3n) is 2.42. The van der Waals surface area contributed by atoms with E-state index in [1.165, 1.54) is 0 Å².